The van der Waals surface area contributed by atoms with E-state index in [2.05, 4.69) is 9.97 Å². The molecule has 142 valence electrons. The fraction of sp³-hybridized carbons (Fsp3) is 0.0455. The first kappa shape index (κ1) is 17.4. The van der Waals surface area contributed by atoms with Gasteiger partial charge in [-0.1, -0.05) is 18.2 Å². The number of pyridine rings is 1. The van der Waals surface area contributed by atoms with E-state index in [9.17, 15) is 14.7 Å². The quantitative estimate of drug-likeness (QED) is 0.396. The summed E-state index contributed by atoms with van der Waals surface area (Å²) >= 11 is 1.26. The number of nitrogens with one attached hydrogen (secondary N) is 1. The van der Waals surface area contributed by atoms with Crippen LogP contribution in [0.2, 0.25) is 0 Å². The average molecular weight is 402 g/mol. The van der Waals surface area contributed by atoms with Crippen molar-refractivity contribution in [3.63, 3.8) is 0 Å². The van der Waals surface area contributed by atoms with Crippen molar-refractivity contribution in [3.05, 3.63) is 76.4 Å². The van der Waals surface area contributed by atoms with Gasteiger partial charge in [0.15, 0.2) is 5.76 Å². The summed E-state index contributed by atoms with van der Waals surface area (Å²) in [6.07, 6.45) is 3.38. The lowest BCUT2D eigenvalue weighted by atomic mass is 10.0. The highest BCUT2D eigenvalue weighted by atomic mass is 32.1. The molecule has 5 rings (SSSR count). The minimum absolute atomic E-state index is 0.0358. The first-order chi connectivity index (χ1) is 14.1. The van der Waals surface area contributed by atoms with Crippen LogP contribution in [0.15, 0.2) is 64.7 Å². The Morgan fingerprint density at radius 1 is 1.14 bits per heavy atom. The fourth-order valence-corrected chi connectivity index (χ4v) is 4.46. The summed E-state index contributed by atoms with van der Waals surface area (Å²) in [5.74, 6) is -1.09. The molecule has 7 heteroatoms. The van der Waals surface area contributed by atoms with E-state index in [-0.39, 0.29) is 23.5 Å². The molecule has 0 amide bonds. The summed E-state index contributed by atoms with van der Waals surface area (Å²) in [4.78, 5) is 32.6. The third-order valence-electron chi connectivity index (χ3n) is 4.81. The normalized spacial score (nSPS) is 11.3. The van der Waals surface area contributed by atoms with Gasteiger partial charge in [0.1, 0.15) is 11.2 Å². The molecule has 0 aliphatic carbocycles. The number of thiophene rings is 1. The van der Waals surface area contributed by atoms with Gasteiger partial charge in [0.25, 0.3) is 0 Å². The maximum atomic E-state index is 12.7. The van der Waals surface area contributed by atoms with Gasteiger partial charge in [0.2, 0.25) is 5.78 Å². The van der Waals surface area contributed by atoms with Crippen LogP contribution >= 0.6 is 11.3 Å². The van der Waals surface area contributed by atoms with E-state index in [4.69, 9.17) is 4.42 Å². The summed E-state index contributed by atoms with van der Waals surface area (Å²) < 4.78 is 5.63. The highest BCUT2D eigenvalue weighted by Crippen LogP contribution is 2.34. The second kappa shape index (κ2) is 6.72. The molecule has 0 bridgehead atoms. The number of furan rings is 1. The van der Waals surface area contributed by atoms with Crippen molar-refractivity contribution in [1.82, 2.24) is 9.97 Å². The second-order valence-corrected chi connectivity index (χ2v) is 7.60. The van der Waals surface area contributed by atoms with E-state index in [1.54, 1.807) is 29.9 Å². The molecule has 4 aromatic heterocycles. The third-order valence-corrected chi connectivity index (χ3v) is 5.80. The van der Waals surface area contributed by atoms with Gasteiger partial charge in [-0.2, -0.15) is 0 Å². The van der Waals surface area contributed by atoms with Crippen LogP contribution in [0.5, 0.6) is 0 Å². The highest BCUT2D eigenvalue weighted by Gasteiger charge is 2.23. The van der Waals surface area contributed by atoms with Crippen molar-refractivity contribution in [2.75, 3.05) is 0 Å². The minimum Gasteiger partial charge on any atom is -0.478 e. The number of aromatic carboxylic acids is 1. The maximum Gasteiger partial charge on any atom is 0.337 e. The van der Waals surface area contributed by atoms with Gasteiger partial charge in [-0.15, -0.1) is 11.3 Å². The van der Waals surface area contributed by atoms with E-state index in [0.717, 1.165) is 16.4 Å². The number of aromatic nitrogens is 2. The summed E-state index contributed by atoms with van der Waals surface area (Å²) in [5.41, 5.74) is 2.77. The molecule has 0 aliphatic rings. The number of para-hydroxylation sites is 1. The molecule has 4 heterocycles. The van der Waals surface area contributed by atoms with Crippen molar-refractivity contribution in [2.24, 2.45) is 0 Å². The molecule has 0 saturated heterocycles. The Balaban J connectivity index is 1.51. The number of aromatic amines is 1. The number of hydrogen-bond acceptors (Lipinski definition) is 5. The minimum atomic E-state index is -1.07. The number of carboxylic acids is 1. The molecule has 1 aromatic carbocycles. The van der Waals surface area contributed by atoms with Gasteiger partial charge < -0.3 is 14.5 Å². The van der Waals surface area contributed by atoms with Crippen LogP contribution in [0.1, 0.15) is 25.8 Å². The van der Waals surface area contributed by atoms with Crippen LogP contribution in [0.3, 0.4) is 0 Å². The van der Waals surface area contributed by atoms with E-state index in [1.807, 2.05) is 30.3 Å². The number of carbonyl (C=O) groups is 2. The number of rotatable bonds is 5. The third kappa shape index (κ3) is 3.01. The Bertz CT molecular complexity index is 1360. The molecule has 0 radical (unpaired) electrons. The molecule has 2 N–H and O–H groups in total. The van der Waals surface area contributed by atoms with Gasteiger partial charge in [-0.25, -0.2) is 9.78 Å². The number of H-pyrrole nitrogens is 1. The standard InChI is InChI=1S/C22H14N2O4S/c25-16(18-8-12-3-1-2-4-17(12)28-18)9-19-20(22(26)27)15(11-29-19)14-7-13-5-6-23-21(13)24-10-14/h1-8,10-11H,9H2,(H,23,24)(H,26,27). The Kier molecular flexibility index (Phi) is 4.03. The van der Waals surface area contributed by atoms with Crippen LogP contribution in [-0.2, 0) is 6.42 Å². The van der Waals surface area contributed by atoms with Crippen LogP contribution in [0, 0.1) is 0 Å². The Morgan fingerprint density at radius 3 is 2.83 bits per heavy atom. The zero-order valence-corrected chi connectivity index (χ0v) is 15.8. The molecule has 0 aliphatic heterocycles. The lowest BCUT2D eigenvalue weighted by Crippen LogP contribution is -2.06. The predicted octanol–water partition coefficient (Wildman–Crippen LogP) is 5.16. The molecule has 0 unspecified atom stereocenters. The molecule has 5 aromatic rings. The summed E-state index contributed by atoms with van der Waals surface area (Å²) in [5, 5.41) is 13.3. The van der Waals surface area contributed by atoms with Crippen LogP contribution in [-0.4, -0.2) is 26.8 Å². The number of carbonyl (C=O) groups excluding carboxylic acids is 1. The Hall–Kier alpha value is -3.71. The van der Waals surface area contributed by atoms with E-state index in [0.29, 0.717) is 21.6 Å². The lowest BCUT2D eigenvalue weighted by Gasteiger charge is -2.03. The van der Waals surface area contributed by atoms with Crippen molar-refractivity contribution < 1.29 is 19.1 Å². The molecule has 6 nitrogen and oxygen atoms in total. The number of Topliss-reactive ketones (excluding diaryl/α,β-unsaturated/α-hetero) is 1. The molecule has 0 fully saturated rings. The van der Waals surface area contributed by atoms with Gasteiger partial charge in [0, 0.05) is 45.6 Å². The molecular formula is C22H14N2O4S. The van der Waals surface area contributed by atoms with Gasteiger partial charge in [-0.05, 0) is 29.6 Å². The maximum absolute atomic E-state index is 12.7. The first-order valence-electron chi connectivity index (χ1n) is 8.89. The summed E-state index contributed by atoms with van der Waals surface area (Å²) in [6, 6.07) is 12.8. The summed E-state index contributed by atoms with van der Waals surface area (Å²) in [7, 11) is 0. The number of carboxylic acid groups (broad SMARTS) is 1. The smallest absolute Gasteiger partial charge is 0.337 e. The van der Waals surface area contributed by atoms with Gasteiger partial charge in [-0.3, -0.25) is 4.79 Å². The number of nitrogens with zero attached hydrogens (tertiary/aromatic N) is 1. The monoisotopic (exact) mass is 402 g/mol. The van der Waals surface area contributed by atoms with E-state index >= 15 is 0 Å². The molecule has 0 atom stereocenters. The zero-order valence-electron chi connectivity index (χ0n) is 15.0. The zero-order chi connectivity index (χ0) is 20.0. The predicted molar refractivity (Wildman–Crippen MR) is 111 cm³/mol. The van der Waals surface area contributed by atoms with Crippen LogP contribution in [0.4, 0.5) is 0 Å². The first-order valence-corrected chi connectivity index (χ1v) is 9.77. The molecular weight excluding hydrogens is 388 g/mol. The number of ketones is 1. The van der Waals surface area contributed by atoms with E-state index in [1.165, 1.54) is 11.3 Å². The van der Waals surface area contributed by atoms with Crippen molar-refractivity contribution in [1.29, 1.82) is 0 Å². The van der Waals surface area contributed by atoms with Crippen molar-refractivity contribution >= 4 is 45.1 Å². The van der Waals surface area contributed by atoms with Crippen LogP contribution < -0.4 is 0 Å². The fourth-order valence-electron chi connectivity index (χ4n) is 3.41. The average Bonchev–Trinajstić information content (AvgIpc) is 3.44. The molecule has 0 saturated carbocycles. The highest BCUT2D eigenvalue weighted by molar-refractivity contribution is 7.11. The number of hydrogen-bond donors (Lipinski definition) is 2. The largest absolute Gasteiger partial charge is 0.478 e. The second-order valence-electron chi connectivity index (χ2n) is 6.64. The van der Waals surface area contributed by atoms with Crippen LogP contribution in [0.25, 0.3) is 33.1 Å². The van der Waals surface area contributed by atoms with Gasteiger partial charge in [0.05, 0.1) is 5.56 Å². The molecule has 0 spiro atoms. The Labute approximate surface area is 168 Å². The number of fused-ring (bicyclic) bond motifs is 2. The lowest BCUT2D eigenvalue weighted by molar-refractivity contribution is 0.0697. The van der Waals surface area contributed by atoms with Crippen molar-refractivity contribution in [2.45, 2.75) is 6.42 Å². The Morgan fingerprint density at radius 2 is 2.00 bits per heavy atom. The molecule has 29 heavy (non-hydrogen) atoms. The van der Waals surface area contributed by atoms with E-state index < -0.39 is 5.97 Å². The van der Waals surface area contributed by atoms with Gasteiger partial charge >= 0.3 is 5.97 Å². The summed E-state index contributed by atoms with van der Waals surface area (Å²) in [6.45, 7) is 0. The topological polar surface area (TPSA) is 96.2 Å². The SMILES string of the molecule is O=C(Cc1scc(-c2cnc3[nH]ccc3c2)c1C(=O)O)c1cc2ccccc2o1. The van der Waals surface area contributed by atoms with Crippen molar-refractivity contribution in [3.8, 4) is 11.1 Å². The number of benzene rings is 1.